The molecule has 0 aliphatic carbocycles. The van der Waals surface area contributed by atoms with Crippen LogP contribution in [0.3, 0.4) is 0 Å². The van der Waals surface area contributed by atoms with Gasteiger partial charge in [0.25, 0.3) is 0 Å². The Bertz CT molecular complexity index is 764. The van der Waals surface area contributed by atoms with Crippen LogP contribution >= 0.6 is 11.6 Å². The average Bonchev–Trinajstić information content (AvgIpc) is 3.00. The maximum Gasteiger partial charge on any atom is 0.119 e. The summed E-state index contributed by atoms with van der Waals surface area (Å²) in [6, 6.07) is 17.0. The molecule has 112 valence electrons. The van der Waals surface area contributed by atoms with Gasteiger partial charge in [-0.05, 0) is 42.5 Å². The molecule has 0 aliphatic rings. The van der Waals surface area contributed by atoms with Crippen molar-refractivity contribution in [1.82, 2.24) is 9.78 Å². The van der Waals surface area contributed by atoms with E-state index in [1.165, 1.54) is 0 Å². The Balaban J connectivity index is 2.09. The minimum atomic E-state index is -0.107. The summed E-state index contributed by atoms with van der Waals surface area (Å²) in [5.74, 6) is 0.784. The second-order valence-electron chi connectivity index (χ2n) is 4.80. The van der Waals surface area contributed by atoms with Crippen LogP contribution in [0, 0.1) is 0 Å². The van der Waals surface area contributed by atoms with E-state index in [1.807, 2.05) is 54.6 Å². The zero-order valence-corrected chi connectivity index (χ0v) is 12.8. The number of ether oxygens (including phenoxy) is 1. The van der Waals surface area contributed by atoms with Crippen LogP contribution in [0.2, 0.25) is 5.02 Å². The molecular formula is C17H15ClN2O2. The Kier molecular flexibility index (Phi) is 4.13. The Morgan fingerprint density at radius 1 is 1.09 bits per heavy atom. The lowest BCUT2D eigenvalue weighted by atomic mass is 10.1. The van der Waals surface area contributed by atoms with Crippen molar-refractivity contribution >= 4 is 11.6 Å². The fourth-order valence-corrected chi connectivity index (χ4v) is 2.38. The van der Waals surface area contributed by atoms with Crippen molar-refractivity contribution in [2.45, 2.75) is 6.61 Å². The van der Waals surface area contributed by atoms with E-state index in [1.54, 1.807) is 11.8 Å². The van der Waals surface area contributed by atoms with Crippen LogP contribution < -0.4 is 4.74 Å². The molecule has 1 aromatic heterocycles. The Morgan fingerprint density at radius 3 is 2.36 bits per heavy atom. The predicted molar refractivity (Wildman–Crippen MR) is 86.5 cm³/mol. The molecule has 2 aromatic carbocycles. The molecule has 0 spiro atoms. The van der Waals surface area contributed by atoms with Crippen LogP contribution in [0.4, 0.5) is 0 Å². The highest BCUT2D eigenvalue weighted by atomic mass is 35.5. The van der Waals surface area contributed by atoms with E-state index < -0.39 is 0 Å². The summed E-state index contributed by atoms with van der Waals surface area (Å²) >= 11 is 5.95. The monoisotopic (exact) mass is 314 g/mol. The Hall–Kier alpha value is -2.30. The number of nitrogens with zero attached hydrogens (tertiary/aromatic N) is 2. The number of halogens is 1. The fraction of sp³-hybridized carbons (Fsp3) is 0.118. The molecule has 0 saturated heterocycles. The van der Waals surface area contributed by atoms with E-state index in [0.29, 0.717) is 10.7 Å². The van der Waals surface area contributed by atoms with E-state index >= 15 is 0 Å². The highest BCUT2D eigenvalue weighted by Crippen LogP contribution is 2.26. The van der Waals surface area contributed by atoms with Crippen LogP contribution in [0.15, 0.2) is 54.6 Å². The number of aliphatic hydroxyl groups excluding tert-OH is 1. The minimum absolute atomic E-state index is 0.107. The van der Waals surface area contributed by atoms with Gasteiger partial charge in [-0.2, -0.15) is 5.10 Å². The van der Waals surface area contributed by atoms with Gasteiger partial charge in [0, 0.05) is 10.6 Å². The number of aliphatic hydroxyl groups is 1. The molecule has 0 atom stereocenters. The van der Waals surface area contributed by atoms with E-state index in [9.17, 15) is 5.11 Å². The van der Waals surface area contributed by atoms with E-state index in [-0.39, 0.29) is 6.61 Å². The molecule has 1 N–H and O–H groups in total. The molecule has 0 unspecified atom stereocenters. The number of methoxy groups -OCH3 is 1. The van der Waals surface area contributed by atoms with Crippen LogP contribution in [0.5, 0.6) is 5.75 Å². The van der Waals surface area contributed by atoms with Gasteiger partial charge >= 0.3 is 0 Å². The maximum absolute atomic E-state index is 9.38. The summed E-state index contributed by atoms with van der Waals surface area (Å²) in [5.41, 5.74) is 3.38. The third-order valence-electron chi connectivity index (χ3n) is 3.38. The number of hydrogen-bond acceptors (Lipinski definition) is 3. The standard InChI is InChI=1S/C17H15ClN2O2/c1-22-16-8-6-15(7-9-16)20-17(10-14(11-21)19-20)12-2-4-13(18)5-3-12/h2-10,21H,11H2,1H3. The van der Waals surface area contributed by atoms with Crippen molar-refractivity contribution < 1.29 is 9.84 Å². The van der Waals surface area contributed by atoms with Gasteiger partial charge < -0.3 is 9.84 Å². The molecular weight excluding hydrogens is 300 g/mol. The second-order valence-corrected chi connectivity index (χ2v) is 5.23. The zero-order valence-electron chi connectivity index (χ0n) is 12.0. The smallest absolute Gasteiger partial charge is 0.119 e. The topological polar surface area (TPSA) is 47.3 Å². The second kappa shape index (κ2) is 6.22. The SMILES string of the molecule is COc1ccc(-n2nc(CO)cc2-c2ccc(Cl)cc2)cc1. The maximum atomic E-state index is 9.38. The van der Waals surface area contributed by atoms with Crippen LogP contribution in [0.1, 0.15) is 5.69 Å². The molecule has 0 amide bonds. The van der Waals surface area contributed by atoms with Crippen LogP contribution in [-0.2, 0) is 6.61 Å². The minimum Gasteiger partial charge on any atom is -0.497 e. The molecule has 0 bridgehead atoms. The van der Waals surface area contributed by atoms with Gasteiger partial charge in [0.15, 0.2) is 0 Å². The van der Waals surface area contributed by atoms with E-state index in [2.05, 4.69) is 5.10 Å². The summed E-state index contributed by atoms with van der Waals surface area (Å²) in [6.45, 7) is -0.107. The van der Waals surface area contributed by atoms with Crippen molar-refractivity contribution in [3.8, 4) is 22.7 Å². The largest absolute Gasteiger partial charge is 0.497 e. The first-order chi connectivity index (χ1) is 10.7. The van der Waals surface area contributed by atoms with Crippen LogP contribution in [0.25, 0.3) is 16.9 Å². The van der Waals surface area contributed by atoms with Crippen molar-refractivity contribution in [3.63, 3.8) is 0 Å². The van der Waals surface area contributed by atoms with E-state index in [4.69, 9.17) is 16.3 Å². The fourth-order valence-electron chi connectivity index (χ4n) is 2.25. The normalized spacial score (nSPS) is 10.7. The van der Waals surface area contributed by atoms with Crippen molar-refractivity contribution in [2.24, 2.45) is 0 Å². The number of rotatable bonds is 4. The van der Waals surface area contributed by atoms with Gasteiger partial charge in [-0.15, -0.1) is 0 Å². The molecule has 0 aliphatic heterocycles. The third kappa shape index (κ3) is 2.84. The van der Waals surface area contributed by atoms with Crippen LogP contribution in [-0.4, -0.2) is 22.0 Å². The van der Waals surface area contributed by atoms with Gasteiger partial charge in [-0.3, -0.25) is 0 Å². The van der Waals surface area contributed by atoms with Crippen molar-refractivity contribution in [2.75, 3.05) is 7.11 Å². The molecule has 0 radical (unpaired) electrons. The Morgan fingerprint density at radius 2 is 1.77 bits per heavy atom. The first kappa shape index (κ1) is 14.6. The molecule has 22 heavy (non-hydrogen) atoms. The average molecular weight is 315 g/mol. The van der Waals surface area contributed by atoms with Gasteiger partial charge in [-0.25, -0.2) is 4.68 Å². The summed E-state index contributed by atoms with van der Waals surface area (Å²) in [6.07, 6.45) is 0. The lowest BCUT2D eigenvalue weighted by Gasteiger charge is -2.08. The van der Waals surface area contributed by atoms with Gasteiger partial charge in [0.05, 0.1) is 30.8 Å². The van der Waals surface area contributed by atoms with Crippen molar-refractivity contribution in [3.05, 3.63) is 65.3 Å². The summed E-state index contributed by atoms with van der Waals surface area (Å²) in [7, 11) is 1.63. The van der Waals surface area contributed by atoms with E-state index in [0.717, 1.165) is 22.7 Å². The molecule has 1 heterocycles. The third-order valence-corrected chi connectivity index (χ3v) is 3.63. The molecule has 4 nitrogen and oxygen atoms in total. The number of benzene rings is 2. The first-order valence-electron chi connectivity index (χ1n) is 6.81. The zero-order chi connectivity index (χ0) is 15.5. The lowest BCUT2D eigenvalue weighted by Crippen LogP contribution is -1.99. The molecule has 5 heteroatoms. The molecule has 0 fully saturated rings. The lowest BCUT2D eigenvalue weighted by molar-refractivity contribution is 0.276. The summed E-state index contributed by atoms with van der Waals surface area (Å²) in [4.78, 5) is 0. The summed E-state index contributed by atoms with van der Waals surface area (Å²) < 4.78 is 6.97. The molecule has 0 saturated carbocycles. The van der Waals surface area contributed by atoms with Gasteiger partial charge in [0.2, 0.25) is 0 Å². The molecule has 3 rings (SSSR count). The number of aromatic nitrogens is 2. The van der Waals surface area contributed by atoms with Gasteiger partial charge in [0.1, 0.15) is 5.75 Å². The molecule has 3 aromatic rings. The van der Waals surface area contributed by atoms with Gasteiger partial charge in [-0.1, -0.05) is 23.7 Å². The summed E-state index contributed by atoms with van der Waals surface area (Å²) in [5, 5.41) is 14.5. The van der Waals surface area contributed by atoms with Crippen molar-refractivity contribution in [1.29, 1.82) is 0 Å². The highest BCUT2D eigenvalue weighted by molar-refractivity contribution is 6.30. The quantitative estimate of drug-likeness (QED) is 0.799. The number of hydrogen-bond donors (Lipinski definition) is 1. The highest BCUT2D eigenvalue weighted by Gasteiger charge is 2.11. The first-order valence-corrected chi connectivity index (χ1v) is 7.19. The Labute approximate surface area is 133 Å². The predicted octanol–water partition coefficient (Wildman–Crippen LogP) is 3.69.